The molecule has 2 aliphatic heterocycles. The van der Waals surface area contributed by atoms with Crippen LogP contribution in [-0.2, 0) is 6.42 Å². The third-order valence-corrected chi connectivity index (χ3v) is 6.03. The molecule has 2 aliphatic rings. The summed E-state index contributed by atoms with van der Waals surface area (Å²) in [5.74, 6) is 1.79. The lowest BCUT2D eigenvalue weighted by atomic mass is 10.1. The summed E-state index contributed by atoms with van der Waals surface area (Å²) < 4.78 is 12.0. The first-order valence-electron chi connectivity index (χ1n) is 10.5. The molecule has 3 heterocycles. The molecule has 3 aromatic rings. The average molecular weight is 402 g/mol. The van der Waals surface area contributed by atoms with Crippen LogP contribution in [0.3, 0.4) is 0 Å². The summed E-state index contributed by atoms with van der Waals surface area (Å²) in [6.45, 7) is 6.11. The van der Waals surface area contributed by atoms with Crippen LogP contribution < -0.4 is 4.74 Å². The summed E-state index contributed by atoms with van der Waals surface area (Å²) >= 11 is 0. The molecule has 5 heteroatoms. The van der Waals surface area contributed by atoms with Crippen molar-refractivity contribution >= 4 is 16.9 Å². The van der Waals surface area contributed by atoms with E-state index in [1.807, 2.05) is 35.2 Å². The molecule has 0 bridgehead atoms. The Kier molecular flexibility index (Phi) is 4.83. The van der Waals surface area contributed by atoms with Gasteiger partial charge < -0.3 is 19.0 Å². The zero-order valence-corrected chi connectivity index (χ0v) is 17.5. The van der Waals surface area contributed by atoms with E-state index in [9.17, 15) is 4.79 Å². The van der Waals surface area contributed by atoms with Crippen molar-refractivity contribution in [2.24, 2.45) is 0 Å². The minimum Gasteiger partial charge on any atom is -0.489 e. The van der Waals surface area contributed by atoms with E-state index >= 15 is 0 Å². The number of fused-ring (bicyclic) bond motifs is 2. The highest BCUT2D eigenvalue weighted by atomic mass is 16.5. The minimum atomic E-state index is 0.100. The lowest BCUT2D eigenvalue weighted by molar-refractivity contribution is 0.0664. The van der Waals surface area contributed by atoms with Crippen LogP contribution in [0.25, 0.3) is 22.3 Å². The Morgan fingerprint density at radius 1 is 1.00 bits per heavy atom. The van der Waals surface area contributed by atoms with Crippen LogP contribution in [0.1, 0.15) is 22.8 Å². The molecule has 0 aliphatic carbocycles. The number of piperazine rings is 1. The van der Waals surface area contributed by atoms with E-state index in [2.05, 4.69) is 37.1 Å². The second-order valence-electron chi connectivity index (χ2n) is 8.32. The average Bonchev–Trinajstić information content (AvgIpc) is 3.10. The predicted molar refractivity (Wildman–Crippen MR) is 118 cm³/mol. The lowest BCUT2D eigenvalue weighted by Gasteiger charge is -2.32. The molecule has 0 N–H and O–H groups in total. The fourth-order valence-corrected chi connectivity index (χ4v) is 4.06. The maximum Gasteiger partial charge on any atom is 0.253 e. The third kappa shape index (κ3) is 3.61. The van der Waals surface area contributed by atoms with Gasteiger partial charge >= 0.3 is 0 Å². The number of rotatable bonds is 2. The minimum absolute atomic E-state index is 0.100. The van der Waals surface area contributed by atoms with Gasteiger partial charge in [-0.2, -0.15) is 0 Å². The van der Waals surface area contributed by atoms with Crippen molar-refractivity contribution in [3.8, 4) is 17.1 Å². The molecule has 154 valence electrons. The number of amides is 1. The molecule has 5 nitrogen and oxygen atoms in total. The van der Waals surface area contributed by atoms with Crippen molar-refractivity contribution in [3.63, 3.8) is 0 Å². The Balaban J connectivity index is 1.38. The highest BCUT2D eigenvalue weighted by Crippen LogP contribution is 2.34. The number of hydrogen-bond acceptors (Lipinski definition) is 4. The van der Waals surface area contributed by atoms with Crippen LogP contribution in [0.15, 0.2) is 58.5 Å². The van der Waals surface area contributed by atoms with Crippen molar-refractivity contribution < 1.29 is 13.9 Å². The van der Waals surface area contributed by atoms with Crippen LogP contribution >= 0.6 is 0 Å². The van der Waals surface area contributed by atoms with Crippen molar-refractivity contribution in [2.45, 2.75) is 13.3 Å². The van der Waals surface area contributed by atoms with Gasteiger partial charge in [0.25, 0.3) is 5.91 Å². The van der Waals surface area contributed by atoms with E-state index in [0.717, 1.165) is 66.2 Å². The first kappa shape index (κ1) is 18.9. The monoisotopic (exact) mass is 402 g/mol. The number of benzene rings is 2. The van der Waals surface area contributed by atoms with Gasteiger partial charge in [0.05, 0.1) is 0 Å². The quantitative estimate of drug-likeness (QED) is 0.597. The van der Waals surface area contributed by atoms with E-state index in [1.54, 1.807) is 0 Å². The summed E-state index contributed by atoms with van der Waals surface area (Å²) in [6.07, 6.45) is 3.09. The molecule has 1 fully saturated rings. The van der Waals surface area contributed by atoms with Crippen LogP contribution in [0.5, 0.6) is 5.75 Å². The number of hydrogen-bond donors (Lipinski definition) is 0. The number of ether oxygens (including phenoxy) is 1. The molecular formula is C25H26N2O3. The highest BCUT2D eigenvalue weighted by molar-refractivity contribution is 5.95. The molecule has 1 aromatic heterocycles. The number of carbonyl (C=O) groups excluding carboxylic acids is 1. The van der Waals surface area contributed by atoms with E-state index in [-0.39, 0.29) is 5.91 Å². The van der Waals surface area contributed by atoms with Gasteiger partial charge in [-0.05, 0) is 55.8 Å². The Bertz CT molecular complexity index is 1120. The molecule has 1 saturated heterocycles. The molecule has 0 radical (unpaired) electrons. The third-order valence-electron chi connectivity index (χ3n) is 6.03. The normalized spacial score (nSPS) is 17.3. The van der Waals surface area contributed by atoms with Crippen molar-refractivity contribution in [2.75, 3.05) is 39.8 Å². The topological polar surface area (TPSA) is 45.9 Å². The molecule has 5 rings (SSSR count). The lowest BCUT2D eigenvalue weighted by Crippen LogP contribution is -2.47. The van der Waals surface area contributed by atoms with Gasteiger partial charge in [0.2, 0.25) is 0 Å². The van der Waals surface area contributed by atoms with Gasteiger partial charge in [-0.15, -0.1) is 0 Å². The van der Waals surface area contributed by atoms with Crippen molar-refractivity contribution in [1.82, 2.24) is 9.80 Å². The smallest absolute Gasteiger partial charge is 0.253 e. The molecule has 30 heavy (non-hydrogen) atoms. The van der Waals surface area contributed by atoms with Gasteiger partial charge in [0.15, 0.2) is 0 Å². The van der Waals surface area contributed by atoms with Gasteiger partial charge in [-0.1, -0.05) is 18.2 Å². The molecule has 0 unspecified atom stereocenters. The first-order valence-corrected chi connectivity index (χ1v) is 10.5. The maximum atomic E-state index is 12.8. The predicted octanol–water partition coefficient (Wildman–Crippen LogP) is 4.37. The first-order chi connectivity index (χ1) is 14.6. The zero-order valence-electron chi connectivity index (χ0n) is 17.5. The van der Waals surface area contributed by atoms with E-state index < -0.39 is 0 Å². The summed E-state index contributed by atoms with van der Waals surface area (Å²) in [4.78, 5) is 16.9. The Labute approximate surface area is 176 Å². The second-order valence-corrected chi connectivity index (χ2v) is 8.32. The van der Waals surface area contributed by atoms with Crippen molar-refractivity contribution in [3.05, 3.63) is 65.2 Å². The summed E-state index contributed by atoms with van der Waals surface area (Å²) in [6, 6.07) is 13.9. The Hall–Kier alpha value is -3.05. The molecule has 2 aromatic carbocycles. The van der Waals surface area contributed by atoms with Crippen LogP contribution in [0, 0.1) is 0 Å². The molecule has 1 amide bonds. The number of likely N-dealkylation sites (N-methyl/N-ethyl adjacent to an activating group) is 1. The van der Waals surface area contributed by atoms with Gasteiger partial charge in [0.1, 0.15) is 23.7 Å². The number of carbonyl (C=O) groups is 1. The molecular weight excluding hydrogens is 376 g/mol. The summed E-state index contributed by atoms with van der Waals surface area (Å²) in [7, 11) is 2.09. The van der Waals surface area contributed by atoms with Crippen LogP contribution in [-0.4, -0.2) is 55.5 Å². The summed E-state index contributed by atoms with van der Waals surface area (Å²) in [5.41, 5.74) is 4.94. The number of nitrogens with zero attached hydrogens (tertiary/aromatic N) is 2. The van der Waals surface area contributed by atoms with Crippen LogP contribution in [0.2, 0.25) is 0 Å². The highest BCUT2D eigenvalue weighted by Gasteiger charge is 2.20. The van der Waals surface area contributed by atoms with Gasteiger partial charge in [-0.3, -0.25) is 4.79 Å². The SMILES string of the molecule is CC1=CCc2cc3cc(-c4ccc(C(=O)N5CCN(C)CC5)cc4)oc3cc2OC1. The maximum absolute atomic E-state index is 12.8. The molecule has 0 saturated carbocycles. The Morgan fingerprint density at radius 2 is 1.77 bits per heavy atom. The standard InChI is InChI=1S/C25H26N2O3/c1-17-3-4-20-13-21-14-23(30-24(21)15-22(20)29-16-17)18-5-7-19(8-6-18)25(28)27-11-9-26(2)10-12-27/h3,5-8,13-15H,4,9-12,16H2,1-2H3. The Morgan fingerprint density at radius 3 is 2.53 bits per heavy atom. The van der Waals surface area contributed by atoms with E-state index in [1.165, 1.54) is 11.1 Å². The van der Waals surface area contributed by atoms with Gasteiger partial charge in [-0.25, -0.2) is 0 Å². The van der Waals surface area contributed by atoms with Gasteiger partial charge in [0, 0.05) is 48.8 Å². The second kappa shape index (κ2) is 7.65. The van der Waals surface area contributed by atoms with E-state index in [4.69, 9.17) is 9.15 Å². The van der Waals surface area contributed by atoms with E-state index in [0.29, 0.717) is 6.61 Å². The fraction of sp³-hybridized carbons (Fsp3) is 0.320. The number of furan rings is 1. The molecule has 0 spiro atoms. The van der Waals surface area contributed by atoms with Crippen molar-refractivity contribution in [1.29, 1.82) is 0 Å². The molecule has 0 atom stereocenters. The largest absolute Gasteiger partial charge is 0.489 e. The van der Waals surface area contributed by atoms with Crippen LogP contribution in [0.4, 0.5) is 0 Å². The number of allylic oxidation sites excluding steroid dienone is 1. The zero-order chi connectivity index (χ0) is 20.7. The fourth-order valence-electron chi connectivity index (χ4n) is 4.06. The summed E-state index contributed by atoms with van der Waals surface area (Å²) in [5, 5.41) is 1.07.